The van der Waals surface area contributed by atoms with Gasteiger partial charge < -0.3 is 24.0 Å². The van der Waals surface area contributed by atoms with Crippen molar-refractivity contribution in [1.82, 2.24) is 0 Å². The van der Waals surface area contributed by atoms with Gasteiger partial charge in [-0.2, -0.15) is 8.42 Å². The molecule has 10 heteroatoms. The second-order valence-electron chi connectivity index (χ2n) is 1.04. The maximum atomic E-state index is 9.84. The molecule has 0 amide bonds. The van der Waals surface area contributed by atoms with Crippen molar-refractivity contribution in [2.24, 2.45) is 0 Å². The second-order valence-corrected chi connectivity index (χ2v) is 2.45. The summed E-state index contributed by atoms with van der Waals surface area (Å²) >= 11 is 0. The summed E-state index contributed by atoms with van der Waals surface area (Å²) < 4.78 is 22.5. The normalized spacial score (nSPS) is 8.67. The van der Waals surface area contributed by atoms with Crippen molar-refractivity contribution in [2.45, 2.75) is 0 Å². The van der Waals surface area contributed by atoms with E-state index in [9.17, 15) is 28.2 Å². The van der Waals surface area contributed by atoms with E-state index in [1.165, 1.54) is 0 Å². The van der Waals surface area contributed by atoms with Crippen molar-refractivity contribution >= 4 is 21.6 Å². The molecule has 0 saturated carbocycles. The van der Waals surface area contributed by atoms with E-state index in [0.717, 1.165) is 0 Å². The molecule has 0 fully saturated rings. The molecule has 0 aromatic rings. The van der Waals surface area contributed by atoms with Crippen LogP contribution >= 0.6 is 0 Å². The smallest absolute Gasteiger partial charge is 0.533 e. The SMILES string of the molecule is O=C([O-])OS(=O)(=O)C(=O)[O-].[K+].[K+]. The summed E-state index contributed by atoms with van der Waals surface area (Å²) in [7, 11) is -5.15. The standard InChI is InChI=1S/C2H2O7S.2K/c3-1(4)9-10(7,8)2(5)6;;/h(H,3,4)(H,5,6);;/q;2*+1/p-2. The quantitative estimate of drug-likeness (QED) is 0.307. The van der Waals surface area contributed by atoms with E-state index in [4.69, 9.17) is 0 Å². The topological polar surface area (TPSA) is 124 Å². The summed E-state index contributed by atoms with van der Waals surface area (Å²) in [4.78, 5) is 18.8. The van der Waals surface area contributed by atoms with Crippen LogP contribution in [-0.4, -0.2) is 19.9 Å². The molecule has 0 aromatic carbocycles. The van der Waals surface area contributed by atoms with Gasteiger partial charge in [-0.15, -0.1) is 0 Å². The largest absolute Gasteiger partial charge is 1.00 e. The molecule has 0 aromatic heterocycles. The Morgan fingerprint density at radius 3 is 1.50 bits per heavy atom. The Bertz CT molecular complexity index is 255. The number of carbonyl (C=O) groups is 2. The Hall–Kier alpha value is 1.96. The van der Waals surface area contributed by atoms with Gasteiger partial charge in [-0.3, -0.25) is 0 Å². The molecular weight excluding hydrogens is 246 g/mol. The van der Waals surface area contributed by atoms with Crippen LogP contribution in [0.2, 0.25) is 0 Å². The van der Waals surface area contributed by atoms with Crippen molar-refractivity contribution in [3.05, 3.63) is 0 Å². The number of carbonyl (C=O) groups excluding carboxylic acids is 2. The van der Waals surface area contributed by atoms with Gasteiger partial charge in [0.25, 0.3) is 16.3 Å². The predicted molar refractivity (Wildman–Crippen MR) is 20.8 cm³/mol. The maximum absolute atomic E-state index is 9.84. The van der Waals surface area contributed by atoms with Gasteiger partial charge in [-0.05, 0) is 0 Å². The third kappa shape index (κ3) is 8.56. The summed E-state index contributed by atoms with van der Waals surface area (Å²) in [5, 5.41) is 16.1. The molecule has 0 bridgehead atoms. The van der Waals surface area contributed by atoms with Crippen LogP contribution < -0.4 is 113 Å². The van der Waals surface area contributed by atoms with E-state index in [-0.39, 0.29) is 103 Å². The number of rotatable bonds is 0. The minimum absolute atomic E-state index is 0. The molecule has 0 spiro atoms. The molecule has 0 N–H and O–H groups in total. The van der Waals surface area contributed by atoms with Gasteiger partial charge in [0.05, 0.1) is 0 Å². The molecule has 0 atom stereocenters. The maximum Gasteiger partial charge on any atom is 1.00 e. The first-order valence-corrected chi connectivity index (χ1v) is 3.13. The first-order chi connectivity index (χ1) is 4.36. The summed E-state index contributed by atoms with van der Waals surface area (Å²) in [5.41, 5.74) is 0. The van der Waals surface area contributed by atoms with E-state index < -0.39 is 21.6 Å². The van der Waals surface area contributed by atoms with Crippen LogP contribution in [0, 0.1) is 0 Å². The van der Waals surface area contributed by atoms with E-state index in [1.807, 2.05) is 0 Å². The van der Waals surface area contributed by atoms with Gasteiger partial charge in [0, 0.05) is 0 Å². The second kappa shape index (κ2) is 8.29. The van der Waals surface area contributed by atoms with Gasteiger partial charge in [0.1, 0.15) is 0 Å². The minimum atomic E-state index is -5.15. The van der Waals surface area contributed by atoms with Crippen LogP contribution in [0.25, 0.3) is 0 Å². The first-order valence-electron chi connectivity index (χ1n) is 1.72. The van der Waals surface area contributed by atoms with Crippen LogP contribution in [0.15, 0.2) is 0 Å². The fraction of sp³-hybridized carbons (Fsp3) is 0. The van der Waals surface area contributed by atoms with E-state index in [2.05, 4.69) is 4.18 Å². The molecule has 0 radical (unpaired) electrons. The first kappa shape index (κ1) is 19.5. The number of hydrogen-bond acceptors (Lipinski definition) is 7. The van der Waals surface area contributed by atoms with E-state index in [1.54, 1.807) is 0 Å². The minimum Gasteiger partial charge on any atom is -0.533 e. The molecule has 0 saturated heterocycles. The van der Waals surface area contributed by atoms with Gasteiger partial charge in [-0.1, -0.05) is 0 Å². The van der Waals surface area contributed by atoms with Crippen LogP contribution in [0.4, 0.5) is 9.59 Å². The molecule has 0 unspecified atom stereocenters. The third-order valence-corrected chi connectivity index (χ3v) is 1.15. The fourth-order valence-electron chi connectivity index (χ4n) is 0.124. The molecule has 0 heterocycles. The molecule has 0 rings (SSSR count). The molecule has 0 aliphatic rings. The van der Waals surface area contributed by atoms with Gasteiger partial charge in [0.15, 0.2) is 5.30 Å². The van der Waals surface area contributed by atoms with Crippen LogP contribution in [-0.2, 0) is 14.3 Å². The number of hydrogen-bond donors (Lipinski definition) is 0. The summed E-state index contributed by atoms with van der Waals surface area (Å²) in [6.45, 7) is 0. The van der Waals surface area contributed by atoms with Crippen LogP contribution in [0.3, 0.4) is 0 Å². The average Bonchev–Trinajstić information content (AvgIpc) is 1.60. The van der Waals surface area contributed by atoms with Crippen molar-refractivity contribution in [2.75, 3.05) is 0 Å². The van der Waals surface area contributed by atoms with Crippen molar-refractivity contribution < 1.29 is 135 Å². The third-order valence-electron chi connectivity index (χ3n) is 0.382. The van der Waals surface area contributed by atoms with Crippen LogP contribution in [0.5, 0.6) is 0 Å². The predicted octanol–water partition coefficient (Wildman–Crippen LogP) is -8.97. The van der Waals surface area contributed by atoms with Crippen molar-refractivity contribution in [3.63, 3.8) is 0 Å². The van der Waals surface area contributed by atoms with Crippen molar-refractivity contribution in [1.29, 1.82) is 0 Å². The molecule has 0 aliphatic heterocycles. The Balaban J connectivity index is -0.000000405. The van der Waals surface area contributed by atoms with E-state index >= 15 is 0 Å². The zero-order chi connectivity index (χ0) is 8.36. The summed E-state index contributed by atoms with van der Waals surface area (Å²) in [5.74, 6) is 0. The Morgan fingerprint density at radius 2 is 1.42 bits per heavy atom. The zero-order valence-corrected chi connectivity index (χ0v) is 13.3. The molecular formula is C2K2O7S. The fourth-order valence-corrected chi connectivity index (χ4v) is 0.371. The zero-order valence-electron chi connectivity index (χ0n) is 6.27. The Labute approximate surface area is 153 Å². The van der Waals surface area contributed by atoms with E-state index in [0.29, 0.717) is 0 Å². The van der Waals surface area contributed by atoms with Crippen molar-refractivity contribution in [3.8, 4) is 0 Å². The van der Waals surface area contributed by atoms with Crippen LogP contribution in [0.1, 0.15) is 0 Å². The van der Waals surface area contributed by atoms with Gasteiger partial charge >= 0.3 is 103 Å². The molecule has 58 valence electrons. The Kier molecular flexibility index (Phi) is 13.5. The Morgan fingerprint density at radius 1 is 1.08 bits per heavy atom. The van der Waals surface area contributed by atoms with Gasteiger partial charge in [0.2, 0.25) is 0 Å². The summed E-state index contributed by atoms with van der Waals surface area (Å²) in [6, 6.07) is 0. The molecule has 7 nitrogen and oxygen atoms in total. The summed E-state index contributed by atoms with van der Waals surface area (Å²) in [6.07, 6.45) is -2.47. The van der Waals surface area contributed by atoms with Gasteiger partial charge in [-0.25, -0.2) is 0 Å². The molecule has 0 aliphatic carbocycles. The molecule has 12 heavy (non-hydrogen) atoms. The number of carboxylic acid groups (broad SMARTS) is 2. The monoisotopic (exact) mass is 246 g/mol. The average molecular weight is 246 g/mol.